The minimum absolute atomic E-state index is 0.239. The van der Waals surface area contributed by atoms with Gasteiger partial charge in [0.1, 0.15) is 12.4 Å². The molecule has 0 amide bonds. The van der Waals surface area contributed by atoms with Crippen molar-refractivity contribution in [2.75, 3.05) is 6.61 Å². The first-order valence-electron chi connectivity index (χ1n) is 8.32. The van der Waals surface area contributed by atoms with Crippen LogP contribution in [0.3, 0.4) is 0 Å². The van der Waals surface area contributed by atoms with E-state index in [4.69, 9.17) is 9.15 Å². The molecule has 0 aromatic carbocycles. The van der Waals surface area contributed by atoms with Gasteiger partial charge in [0.25, 0.3) is 0 Å². The van der Waals surface area contributed by atoms with Crippen LogP contribution in [0.25, 0.3) is 11.1 Å². The molecule has 0 atom stereocenters. The Kier molecular flexibility index (Phi) is 6.65. The van der Waals surface area contributed by atoms with Gasteiger partial charge in [-0.3, -0.25) is 4.57 Å². The van der Waals surface area contributed by atoms with Crippen molar-refractivity contribution in [2.45, 2.75) is 65.5 Å². The summed E-state index contributed by atoms with van der Waals surface area (Å²) in [4.78, 5) is 16.0. The Morgan fingerprint density at radius 1 is 1.18 bits per heavy atom. The van der Waals surface area contributed by atoms with Crippen molar-refractivity contribution in [2.24, 2.45) is 0 Å². The third kappa shape index (κ3) is 4.70. The zero-order valence-electron chi connectivity index (χ0n) is 13.6. The number of furan rings is 1. The van der Waals surface area contributed by atoms with Crippen LogP contribution in [0.5, 0.6) is 0 Å². The van der Waals surface area contributed by atoms with E-state index in [0.29, 0.717) is 12.3 Å². The molecule has 0 spiro atoms. The summed E-state index contributed by atoms with van der Waals surface area (Å²) in [5.41, 5.74) is 0.167. The lowest BCUT2D eigenvalue weighted by Gasteiger charge is -2.03. The van der Waals surface area contributed by atoms with Gasteiger partial charge in [-0.2, -0.15) is 4.98 Å². The Balaban J connectivity index is 2.00. The van der Waals surface area contributed by atoms with E-state index < -0.39 is 0 Å². The van der Waals surface area contributed by atoms with Gasteiger partial charge in [-0.05, 0) is 18.9 Å². The van der Waals surface area contributed by atoms with Crippen molar-refractivity contribution in [3.8, 4) is 0 Å². The van der Waals surface area contributed by atoms with Gasteiger partial charge in [0.15, 0.2) is 0 Å². The van der Waals surface area contributed by atoms with Gasteiger partial charge in [-0.25, -0.2) is 4.79 Å². The van der Waals surface area contributed by atoms with Crippen molar-refractivity contribution in [1.82, 2.24) is 9.55 Å². The van der Waals surface area contributed by atoms with E-state index in [9.17, 15) is 4.79 Å². The highest BCUT2D eigenvalue weighted by Gasteiger charge is 2.08. The maximum Gasteiger partial charge on any atom is 0.350 e. The fraction of sp³-hybridized carbons (Fsp3) is 0.647. The van der Waals surface area contributed by atoms with Gasteiger partial charge >= 0.3 is 5.69 Å². The normalized spacial score (nSPS) is 11.4. The van der Waals surface area contributed by atoms with Crippen LogP contribution < -0.4 is 5.69 Å². The van der Waals surface area contributed by atoms with Crippen LogP contribution in [0.1, 0.15) is 58.1 Å². The molecule has 2 aromatic rings. The van der Waals surface area contributed by atoms with E-state index in [2.05, 4.69) is 18.8 Å². The van der Waals surface area contributed by atoms with E-state index >= 15 is 0 Å². The van der Waals surface area contributed by atoms with Crippen LogP contribution in [0.4, 0.5) is 0 Å². The van der Waals surface area contributed by atoms with Crippen LogP contribution in [0.2, 0.25) is 0 Å². The standard InChI is InChI=1S/C17H26N2O3/c1-3-5-7-8-9-19-12-14-11-15(13-21-10-6-4-2)22-16(14)18-17(19)20/h11-12H,3-10,13H2,1-2H3. The lowest BCUT2D eigenvalue weighted by molar-refractivity contribution is 0.105. The molecule has 0 N–H and O–H groups in total. The van der Waals surface area contributed by atoms with Crippen molar-refractivity contribution >= 4 is 11.1 Å². The highest BCUT2D eigenvalue weighted by Crippen LogP contribution is 2.16. The van der Waals surface area contributed by atoms with Crippen LogP contribution in [-0.4, -0.2) is 16.2 Å². The highest BCUT2D eigenvalue weighted by molar-refractivity contribution is 5.72. The zero-order chi connectivity index (χ0) is 15.8. The Morgan fingerprint density at radius 2 is 2.00 bits per heavy atom. The summed E-state index contributed by atoms with van der Waals surface area (Å²) in [5.74, 6) is 0.724. The van der Waals surface area contributed by atoms with E-state index in [-0.39, 0.29) is 5.69 Å². The smallest absolute Gasteiger partial charge is 0.350 e. The molecule has 0 unspecified atom stereocenters. The monoisotopic (exact) mass is 306 g/mol. The Morgan fingerprint density at radius 3 is 2.77 bits per heavy atom. The summed E-state index contributed by atoms with van der Waals surface area (Å²) in [7, 11) is 0. The summed E-state index contributed by atoms with van der Waals surface area (Å²) in [5, 5.41) is 0.865. The van der Waals surface area contributed by atoms with Crippen molar-refractivity contribution in [1.29, 1.82) is 0 Å². The largest absolute Gasteiger partial charge is 0.440 e. The molecule has 0 bridgehead atoms. The van der Waals surface area contributed by atoms with E-state index in [0.717, 1.165) is 50.0 Å². The summed E-state index contributed by atoms with van der Waals surface area (Å²) >= 11 is 0. The number of rotatable bonds is 10. The second-order valence-corrected chi connectivity index (χ2v) is 5.66. The van der Waals surface area contributed by atoms with Crippen LogP contribution in [0, 0.1) is 0 Å². The van der Waals surface area contributed by atoms with Crippen molar-refractivity contribution < 1.29 is 9.15 Å². The first kappa shape index (κ1) is 16.7. The molecular formula is C17H26N2O3. The predicted molar refractivity (Wildman–Crippen MR) is 87.0 cm³/mol. The lowest BCUT2D eigenvalue weighted by atomic mass is 10.2. The molecule has 2 aromatic heterocycles. The number of ether oxygens (including phenoxy) is 1. The number of aryl methyl sites for hydroxylation is 1. The molecule has 0 aliphatic carbocycles. The molecule has 122 valence electrons. The summed E-state index contributed by atoms with van der Waals surface area (Å²) < 4.78 is 12.8. The minimum atomic E-state index is -0.239. The third-order valence-corrected chi connectivity index (χ3v) is 3.67. The number of unbranched alkanes of at least 4 members (excludes halogenated alkanes) is 4. The fourth-order valence-electron chi connectivity index (χ4n) is 2.36. The second-order valence-electron chi connectivity index (χ2n) is 5.66. The highest BCUT2D eigenvalue weighted by atomic mass is 16.5. The van der Waals surface area contributed by atoms with Crippen LogP contribution >= 0.6 is 0 Å². The van der Waals surface area contributed by atoms with Gasteiger partial charge < -0.3 is 9.15 Å². The zero-order valence-corrected chi connectivity index (χ0v) is 13.6. The molecule has 2 heterocycles. The molecular weight excluding hydrogens is 280 g/mol. The topological polar surface area (TPSA) is 57.3 Å². The number of fused-ring (bicyclic) bond motifs is 1. The Hall–Kier alpha value is -1.62. The second kappa shape index (κ2) is 8.73. The molecule has 2 rings (SSSR count). The fourth-order valence-corrected chi connectivity index (χ4v) is 2.36. The molecule has 22 heavy (non-hydrogen) atoms. The quantitative estimate of drug-likeness (QED) is 0.625. The van der Waals surface area contributed by atoms with Gasteiger partial charge in [0.05, 0.1) is 5.39 Å². The minimum Gasteiger partial charge on any atom is -0.440 e. The van der Waals surface area contributed by atoms with Crippen molar-refractivity contribution in [3.05, 3.63) is 28.5 Å². The summed E-state index contributed by atoms with van der Waals surface area (Å²) in [6, 6.07) is 1.91. The molecule has 0 radical (unpaired) electrons. The number of aromatic nitrogens is 2. The van der Waals surface area contributed by atoms with Crippen LogP contribution in [0.15, 0.2) is 21.5 Å². The summed E-state index contributed by atoms with van der Waals surface area (Å²) in [6.07, 6.45) is 8.54. The first-order chi connectivity index (χ1) is 10.7. The number of nitrogens with zero attached hydrogens (tertiary/aromatic N) is 2. The number of hydrogen-bond acceptors (Lipinski definition) is 4. The summed E-state index contributed by atoms with van der Waals surface area (Å²) in [6.45, 7) is 6.18. The van der Waals surface area contributed by atoms with Gasteiger partial charge in [-0.1, -0.05) is 39.5 Å². The maximum absolute atomic E-state index is 12.0. The molecule has 5 heteroatoms. The van der Waals surface area contributed by atoms with Crippen LogP contribution in [-0.2, 0) is 17.9 Å². The first-order valence-corrected chi connectivity index (χ1v) is 8.32. The van der Waals surface area contributed by atoms with Crippen molar-refractivity contribution in [3.63, 3.8) is 0 Å². The van der Waals surface area contributed by atoms with Gasteiger partial charge in [0, 0.05) is 19.3 Å². The van der Waals surface area contributed by atoms with E-state index in [1.54, 1.807) is 4.57 Å². The Bertz CT molecular complexity index is 630. The van der Waals surface area contributed by atoms with E-state index in [1.165, 1.54) is 12.8 Å². The SMILES string of the molecule is CCCCCCn1cc2cc(COCCCC)oc2nc1=O. The third-order valence-electron chi connectivity index (χ3n) is 3.67. The average Bonchev–Trinajstić information content (AvgIpc) is 2.89. The molecule has 5 nitrogen and oxygen atoms in total. The average molecular weight is 306 g/mol. The number of hydrogen-bond donors (Lipinski definition) is 0. The molecule has 0 aliphatic rings. The maximum atomic E-state index is 12.0. The molecule has 0 aliphatic heterocycles. The lowest BCUT2D eigenvalue weighted by Crippen LogP contribution is -2.21. The van der Waals surface area contributed by atoms with Gasteiger partial charge in [0.2, 0.25) is 5.71 Å². The van der Waals surface area contributed by atoms with E-state index in [1.807, 2.05) is 12.3 Å². The molecule has 0 fully saturated rings. The predicted octanol–water partition coefficient (Wildman–Crippen LogP) is 3.89. The Labute approximate surface area is 131 Å². The van der Waals surface area contributed by atoms with Gasteiger partial charge in [-0.15, -0.1) is 0 Å². The molecule has 0 saturated heterocycles. The molecule has 0 saturated carbocycles.